The highest BCUT2D eigenvalue weighted by atomic mass is 35.5. The van der Waals surface area contributed by atoms with Crippen LogP contribution >= 0.6 is 23.4 Å². The summed E-state index contributed by atoms with van der Waals surface area (Å²) >= 11 is 7.40. The number of ether oxygens (including phenoxy) is 1. The van der Waals surface area contributed by atoms with Crippen LogP contribution in [-0.4, -0.2) is 31.3 Å². The number of benzene rings is 2. The third-order valence-electron chi connectivity index (χ3n) is 4.10. The second-order valence-electron chi connectivity index (χ2n) is 6.01. The van der Waals surface area contributed by atoms with Gasteiger partial charge < -0.3 is 4.74 Å². The molecule has 8 nitrogen and oxygen atoms in total. The molecule has 142 valence electrons. The van der Waals surface area contributed by atoms with Gasteiger partial charge in [-0.1, -0.05) is 23.4 Å². The molecule has 2 aromatic carbocycles. The van der Waals surface area contributed by atoms with Gasteiger partial charge in [0, 0.05) is 22.9 Å². The lowest BCUT2D eigenvalue weighted by molar-refractivity contribution is -0.384. The summed E-state index contributed by atoms with van der Waals surface area (Å²) < 4.78 is 7.59. The monoisotopic (exact) mass is 415 g/mol. The van der Waals surface area contributed by atoms with E-state index in [1.807, 2.05) is 6.92 Å². The van der Waals surface area contributed by atoms with Gasteiger partial charge in [-0.2, -0.15) is 9.78 Å². The molecule has 4 rings (SSSR count). The SMILES string of the molecule is C[C@H](Oc1ccc(Cl)cc1)c1nnc2n1N=C(c1ccc([N+](=O)[O-])cc1)CS2. The van der Waals surface area contributed by atoms with Crippen molar-refractivity contribution in [1.29, 1.82) is 0 Å². The van der Waals surface area contributed by atoms with Crippen molar-refractivity contribution < 1.29 is 9.66 Å². The quantitative estimate of drug-likeness (QED) is 0.454. The Hall–Kier alpha value is -2.91. The smallest absolute Gasteiger partial charge is 0.269 e. The number of hydrogen-bond acceptors (Lipinski definition) is 7. The largest absolute Gasteiger partial charge is 0.483 e. The van der Waals surface area contributed by atoms with Gasteiger partial charge >= 0.3 is 0 Å². The van der Waals surface area contributed by atoms with E-state index in [9.17, 15) is 10.1 Å². The number of hydrogen-bond donors (Lipinski definition) is 0. The standard InChI is InChI=1S/C18H14ClN5O3S/c1-11(27-15-8-4-13(19)5-9-15)17-20-21-18-23(17)22-16(10-28-18)12-2-6-14(7-3-12)24(25)26/h2-9,11H,10H2,1H3/t11-/m0/s1. The zero-order chi connectivity index (χ0) is 19.7. The maximum Gasteiger partial charge on any atom is 0.269 e. The third-order valence-corrected chi connectivity index (χ3v) is 5.28. The van der Waals surface area contributed by atoms with Crippen LogP contribution in [0.15, 0.2) is 58.8 Å². The predicted octanol–water partition coefficient (Wildman–Crippen LogP) is 4.34. The van der Waals surface area contributed by atoms with E-state index in [-0.39, 0.29) is 11.8 Å². The Kier molecular flexibility index (Phi) is 5.01. The molecular formula is C18H14ClN5O3S. The minimum atomic E-state index is -0.424. The summed E-state index contributed by atoms with van der Waals surface area (Å²) in [5.74, 6) is 1.83. The molecule has 0 spiro atoms. The zero-order valence-corrected chi connectivity index (χ0v) is 16.2. The van der Waals surface area contributed by atoms with Crippen molar-refractivity contribution in [1.82, 2.24) is 14.9 Å². The van der Waals surface area contributed by atoms with Gasteiger partial charge in [-0.25, -0.2) is 0 Å². The molecule has 2 heterocycles. The van der Waals surface area contributed by atoms with Crippen LogP contribution in [0, 0.1) is 10.1 Å². The highest BCUT2D eigenvalue weighted by Gasteiger charge is 2.24. The van der Waals surface area contributed by atoms with Gasteiger partial charge in [-0.05, 0) is 48.9 Å². The fourth-order valence-corrected chi connectivity index (χ4v) is 3.65. The number of nitrogens with zero attached hydrogens (tertiary/aromatic N) is 5. The maximum atomic E-state index is 10.8. The molecule has 0 amide bonds. The predicted molar refractivity (Wildman–Crippen MR) is 106 cm³/mol. The molecular weight excluding hydrogens is 402 g/mol. The molecule has 1 aliphatic heterocycles. The topological polar surface area (TPSA) is 95.4 Å². The Labute approximate surface area is 169 Å². The molecule has 1 atom stereocenters. The number of thioether (sulfide) groups is 1. The van der Waals surface area contributed by atoms with E-state index in [2.05, 4.69) is 15.3 Å². The first-order chi connectivity index (χ1) is 13.5. The Morgan fingerprint density at radius 2 is 1.89 bits per heavy atom. The second-order valence-corrected chi connectivity index (χ2v) is 7.38. The summed E-state index contributed by atoms with van der Waals surface area (Å²) in [6.07, 6.45) is -0.386. The van der Waals surface area contributed by atoms with E-state index >= 15 is 0 Å². The van der Waals surface area contributed by atoms with Gasteiger partial charge in [0.1, 0.15) is 5.75 Å². The van der Waals surface area contributed by atoms with Gasteiger partial charge in [0.2, 0.25) is 5.16 Å². The molecule has 1 aromatic heterocycles. The molecule has 10 heteroatoms. The number of non-ortho nitro benzene ring substituents is 1. The Balaban J connectivity index is 1.60. The molecule has 0 fully saturated rings. The Bertz CT molecular complexity index is 1050. The number of nitro benzene ring substituents is 1. The van der Waals surface area contributed by atoms with Crippen molar-refractivity contribution in [3.63, 3.8) is 0 Å². The van der Waals surface area contributed by atoms with Crippen LogP contribution in [0.5, 0.6) is 5.75 Å². The van der Waals surface area contributed by atoms with E-state index in [0.717, 1.165) is 11.3 Å². The van der Waals surface area contributed by atoms with Crippen molar-refractivity contribution in [2.75, 3.05) is 5.75 Å². The molecule has 0 saturated carbocycles. The fourth-order valence-electron chi connectivity index (χ4n) is 2.68. The van der Waals surface area contributed by atoms with Gasteiger partial charge in [-0.15, -0.1) is 10.2 Å². The lowest BCUT2D eigenvalue weighted by Gasteiger charge is -2.17. The fraction of sp³-hybridized carbons (Fsp3) is 0.167. The summed E-state index contributed by atoms with van der Waals surface area (Å²) in [5.41, 5.74) is 1.64. The molecule has 1 aliphatic rings. The van der Waals surface area contributed by atoms with Crippen molar-refractivity contribution in [3.8, 4) is 5.75 Å². The first-order valence-electron chi connectivity index (χ1n) is 8.34. The number of aromatic nitrogens is 3. The summed E-state index contributed by atoms with van der Waals surface area (Å²) in [5, 5.41) is 25.2. The lowest BCUT2D eigenvalue weighted by Crippen LogP contribution is -2.17. The van der Waals surface area contributed by atoms with Gasteiger partial charge in [-0.3, -0.25) is 10.1 Å². The molecule has 0 radical (unpaired) electrons. The summed E-state index contributed by atoms with van der Waals surface area (Å²) in [6.45, 7) is 1.87. The molecule has 0 bridgehead atoms. The molecule has 28 heavy (non-hydrogen) atoms. The summed E-state index contributed by atoms with van der Waals surface area (Å²) in [6, 6.07) is 13.4. The second kappa shape index (κ2) is 7.61. The van der Waals surface area contributed by atoms with Crippen LogP contribution in [-0.2, 0) is 0 Å². The van der Waals surface area contributed by atoms with Crippen LogP contribution in [0.4, 0.5) is 5.69 Å². The van der Waals surface area contributed by atoms with Crippen LogP contribution in [0.1, 0.15) is 24.4 Å². The van der Waals surface area contributed by atoms with Crippen molar-refractivity contribution in [2.45, 2.75) is 18.2 Å². The molecule has 0 unspecified atom stereocenters. The molecule has 0 saturated heterocycles. The summed E-state index contributed by atoms with van der Waals surface area (Å²) in [4.78, 5) is 10.4. The minimum Gasteiger partial charge on any atom is -0.483 e. The average Bonchev–Trinajstić information content (AvgIpc) is 3.13. The molecule has 0 aliphatic carbocycles. The highest BCUT2D eigenvalue weighted by Crippen LogP contribution is 2.29. The normalized spacial score (nSPS) is 14.1. The third kappa shape index (κ3) is 3.71. The molecule has 0 N–H and O–H groups in total. The highest BCUT2D eigenvalue weighted by molar-refractivity contribution is 7.99. The Morgan fingerprint density at radius 1 is 1.18 bits per heavy atom. The molecule has 3 aromatic rings. The first kappa shape index (κ1) is 18.5. The van der Waals surface area contributed by atoms with Crippen molar-refractivity contribution in [3.05, 3.63) is 75.1 Å². The van der Waals surface area contributed by atoms with Crippen LogP contribution in [0.2, 0.25) is 5.02 Å². The number of nitro groups is 1. The van der Waals surface area contributed by atoms with Gasteiger partial charge in [0.15, 0.2) is 11.9 Å². The average molecular weight is 416 g/mol. The van der Waals surface area contributed by atoms with E-state index in [0.29, 0.717) is 27.5 Å². The maximum absolute atomic E-state index is 10.8. The van der Waals surface area contributed by atoms with E-state index < -0.39 is 4.92 Å². The lowest BCUT2D eigenvalue weighted by atomic mass is 10.1. The van der Waals surface area contributed by atoms with Crippen molar-refractivity contribution >= 4 is 34.8 Å². The minimum absolute atomic E-state index is 0.0449. The van der Waals surface area contributed by atoms with Gasteiger partial charge in [0.25, 0.3) is 5.69 Å². The van der Waals surface area contributed by atoms with E-state index in [1.54, 1.807) is 41.1 Å². The zero-order valence-electron chi connectivity index (χ0n) is 14.7. The first-order valence-corrected chi connectivity index (χ1v) is 9.70. The van der Waals surface area contributed by atoms with E-state index in [4.69, 9.17) is 16.3 Å². The number of halogens is 1. The Morgan fingerprint density at radius 3 is 2.57 bits per heavy atom. The van der Waals surface area contributed by atoms with Crippen molar-refractivity contribution in [2.24, 2.45) is 5.10 Å². The van der Waals surface area contributed by atoms with Crippen LogP contribution in [0.3, 0.4) is 0 Å². The number of fused-ring (bicyclic) bond motifs is 1. The van der Waals surface area contributed by atoms with Gasteiger partial charge in [0.05, 0.1) is 10.6 Å². The summed E-state index contributed by atoms with van der Waals surface area (Å²) in [7, 11) is 0. The van der Waals surface area contributed by atoms with Crippen LogP contribution in [0.25, 0.3) is 0 Å². The number of rotatable bonds is 5. The van der Waals surface area contributed by atoms with E-state index in [1.165, 1.54) is 23.9 Å². The van der Waals surface area contributed by atoms with Crippen LogP contribution < -0.4 is 4.74 Å².